The van der Waals surface area contributed by atoms with Gasteiger partial charge in [0.2, 0.25) is 5.91 Å². The predicted molar refractivity (Wildman–Crippen MR) is 152 cm³/mol. The average Bonchev–Trinajstić information content (AvgIpc) is 3.25. The van der Waals surface area contributed by atoms with Crippen LogP contribution in [0.5, 0.6) is 0 Å². The van der Waals surface area contributed by atoms with Crippen LogP contribution in [0.2, 0.25) is 0 Å². The molecule has 4 rings (SSSR count). The van der Waals surface area contributed by atoms with Gasteiger partial charge < -0.3 is 25.2 Å². The minimum Gasteiger partial charge on any atom is -0.480 e. The molecule has 2 amide bonds. The fourth-order valence-corrected chi connectivity index (χ4v) is 4.95. The number of carboxylic acids is 1. The fraction of sp³-hybridized carbons (Fsp3) is 0.344. The van der Waals surface area contributed by atoms with Crippen LogP contribution in [0.1, 0.15) is 50.3 Å². The Morgan fingerprint density at radius 2 is 1.40 bits per heavy atom. The lowest BCUT2D eigenvalue weighted by molar-refractivity contribution is -0.147. The number of hydrogen-bond acceptors (Lipinski definition) is 5. The molecular formula is C32H36N2O6. The number of carbonyl (C=O) groups is 3. The molecule has 40 heavy (non-hydrogen) atoms. The number of aliphatic carboxylic acids is 1. The van der Waals surface area contributed by atoms with Gasteiger partial charge in [0, 0.05) is 5.92 Å². The second-order valence-corrected chi connectivity index (χ2v) is 11.1. The van der Waals surface area contributed by atoms with Crippen molar-refractivity contribution in [3.63, 3.8) is 0 Å². The Hall–Kier alpha value is -4.17. The van der Waals surface area contributed by atoms with Gasteiger partial charge in [-0.1, -0.05) is 99.6 Å². The standard InChI is InChI=1S/C32H36N2O6/c1-20(39-18-21-12-6-5-7-13-21)27(30(36)37)33-29(35)28(32(2,3)4)34-31(38)40-19-26-24-16-10-8-14-22(24)23-15-9-11-17-25(23)26/h5-17,20,26-28H,18-19H2,1-4H3,(H,33,35)(H,34,38)(H,36,37)/t20?,27?,28-/m0/s1. The van der Waals surface area contributed by atoms with E-state index in [9.17, 15) is 19.5 Å². The Balaban J connectivity index is 1.40. The number of nitrogens with one attached hydrogen (secondary N) is 2. The summed E-state index contributed by atoms with van der Waals surface area (Å²) in [5, 5.41) is 15.0. The normalized spacial score (nSPS) is 14.8. The zero-order valence-electron chi connectivity index (χ0n) is 23.2. The molecule has 3 N–H and O–H groups in total. The van der Waals surface area contributed by atoms with Crippen LogP contribution in [0.3, 0.4) is 0 Å². The topological polar surface area (TPSA) is 114 Å². The Labute approximate surface area is 234 Å². The van der Waals surface area contributed by atoms with Gasteiger partial charge in [0.25, 0.3) is 0 Å². The molecule has 8 nitrogen and oxygen atoms in total. The lowest BCUT2D eigenvalue weighted by atomic mass is 9.86. The van der Waals surface area contributed by atoms with E-state index in [-0.39, 0.29) is 19.1 Å². The highest BCUT2D eigenvalue weighted by Gasteiger charge is 2.37. The van der Waals surface area contributed by atoms with Crippen molar-refractivity contribution < 1.29 is 29.0 Å². The smallest absolute Gasteiger partial charge is 0.407 e. The first kappa shape index (κ1) is 28.8. The van der Waals surface area contributed by atoms with Crippen molar-refractivity contribution in [1.29, 1.82) is 0 Å². The van der Waals surface area contributed by atoms with Crippen LogP contribution in [0.4, 0.5) is 4.79 Å². The number of carbonyl (C=O) groups excluding carboxylic acids is 2. The molecule has 0 bridgehead atoms. The number of rotatable bonds is 10. The lowest BCUT2D eigenvalue weighted by Gasteiger charge is -2.32. The summed E-state index contributed by atoms with van der Waals surface area (Å²) in [6, 6.07) is 23.0. The fourth-order valence-electron chi connectivity index (χ4n) is 4.95. The molecule has 0 fully saturated rings. The monoisotopic (exact) mass is 544 g/mol. The van der Waals surface area contributed by atoms with Crippen molar-refractivity contribution in [3.05, 3.63) is 95.6 Å². The molecule has 0 saturated heterocycles. The number of carboxylic acid groups (broad SMARTS) is 1. The van der Waals surface area contributed by atoms with Gasteiger partial charge in [0.1, 0.15) is 12.6 Å². The summed E-state index contributed by atoms with van der Waals surface area (Å²) in [7, 11) is 0. The van der Waals surface area contributed by atoms with E-state index >= 15 is 0 Å². The number of alkyl carbamates (subject to hydrolysis) is 1. The maximum Gasteiger partial charge on any atom is 0.407 e. The molecule has 0 saturated carbocycles. The molecule has 0 aromatic heterocycles. The summed E-state index contributed by atoms with van der Waals surface area (Å²) in [5.41, 5.74) is 4.54. The van der Waals surface area contributed by atoms with Gasteiger partial charge in [-0.25, -0.2) is 9.59 Å². The largest absolute Gasteiger partial charge is 0.480 e. The SMILES string of the molecule is CC(OCc1ccccc1)C(NC(=O)[C@H](NC(=O)OCC1c2ccccc2-c2ccccc21)C(C)(C)C)C(=O)O. The Kier molecular flexibility index (Phi) is 8.90. The first-order valence-electron chi connectivity index (χ1n) is 13.4. The van der Waals surface area contributed by atoms with E-state index in [2.05, 4.69) is 22.8 Å². The van der Waals surface area contributed by atoms with Gasteiger partial charge in [0.15, 0.2) is 6.04 Å². The van der Waals surface area contributed by atoms with Crippen LogP contribution in [0.25, 0.3) is 11.1 Å². The van der Waals surface area contributed by atoms with Gasteiger partial charge >= 0.3 is 12.1 Å². The van der Waals surface area contributed by atoms with Crippen molar-refractivity contribution in [2.24, 2.45) is 5.41 Å². The molecule has 210 valence electrons. The maximum atomic E-state index is 13.3. The second kappa shape index (κ2) is 12.3. The van der Waals surface area contributed by atoms with Gasteiger partial charge in [-0.2, -0.15) is 0 Å². The number of amides is 2. The summed E-state index contributed by atoms with van der Waals surface area (Å²) in [4.78, 5) is 38.3. The first-order chi connectivity index (χ1) is 19.1. The molecular weight excluding hydrogens is 508 g/mol. The molecule has 0 radical (unpaired) electrons. The van der Waals surface area contributed by atoms with Crippen LogP contribution >= 0.6 is 0 Å². The number of ether oxygens (including phenoxy) is 2. The Morgan fingerprint density at radius 3 is 1.95 bits per heavy atom. The van der Waals surface area contributed by atoms with Crippen molar-refractivity contribution >= 4 is 18.0 Å². The summed E-state index contributed by atoms with van der Waals surface area (Å²) < 4.78 is 11.4. The highest BCUT2D eigenvalue weighted by molar-refractivity contribution is 5.90. The van der Waals surface area contributed by atoms with E-state index in [1.807, 2.05) is 66.7 Å². The van der Waals surface area contributed by atoms with E-state index in [4.69, 9.17) is 9.47 Å². The average molecular weight is 545 g/mol. The maximum absolute atomic E-state index is 13.3. The molecule has 3 atom stereocenters. The van der Waals surface area contributed by atoms with Crippen LogP contribution < -0.4 is 10.6 Å². The van der Waals surface area contributed by atoms with E-state index < -0.39 is 41.6 Å². The van der Waals surface area contributed by atoms with Crippen LogP contribution in [0, 0.1) is 5.41 Å². The molecule has 8 heteroatoms. The van der Waals surface area contributed by atoms with E-state index in [1.165, 1.54) is 0 Å². The summed E-state index contributed by atoms with van der Waals surface area (Å²) >= 11 is 0. The van der Waals surface area contributed by atoms with Crippen molar-refractivity contribution in [2.45, 2.75) is 58.4 Å². The van der Waals surface area contributed by atoms with Gasteiger partial charge in [-0.15, -0.1) is 0 Å². The van der Waals surface area contributed by atoms with E-state index in [0.29, 0.717) is 0 Å². The molecule has 2 unspecified atom stereocenters. The number of hydrogen-bond donors (Lipinski definition) is 3. The van der Waals surface area contributed by atoms with Gasteiger partial charge in [-0.3, -0.25) is 4.79 Å². The Morgan fingerprint density at radius 1 is 0.850 bits per heavy atom. The molecule has 1 aliphatic carbocycles. The van der Waals surface area contributed by atoms with E-state index in [0.717, 1.165) is 27.8 Å². The van der Waals surface area contributed by atoms with Crippen molar-refractivity contribution in [3.8, 4) is 11.1 Å². The molecule has 3 aromatic carbocycles. The minimum atomic E-state index is -1.31. The third-order valence-corrected chi connectivity index (χ3v) is 7.12. The first-order valence-corrected chi connectivity index (χ1v) is 13.4. The lowest BCUT2D eigenvalue weighted by Crippen LogP contribution is -2.58. The summed E-state index contributed by atoms with van der Waals surface area (Å²) in [6.07, 6.45) is -1.58. The Bertz CT molecular complexity index is 1310. The quantitative estimate of drug-likeness (QED) is 0.327. The highest BCUT2D eigenvalue weighted by Crippen LogP contribution is 2.44. The number of benzene rings is 3. The number of fused-ring (bicyclic) bond motifs is 3. The predicted octanol–water partition coefficient (Wildman–Crippen LogP) is 5.11. The van der Waals surface area contributed by atoms with Crippen LogP contribution in [-0.4, -0.2) is 47.9 Å². The summed E-state index contributed by atoms with van der Waals surface area (Å²) in [5.74, 6) is -2.00. The van der Waals surface area contributed by atoms with Gasteiger partial charge in [0.05, 0.1) is 12.7 Å². The van der Waals surface area contributed by atoms with Crippen molar-refractivity contribution in [2.75, 3.05) is 6.61 Å². The molecule has 0 aliphatic heterocycles. The third-order valence-electron chi connectivity index (χ3n) is 7.12. The molecule has 0 heterocycles. The zero-order valence-corrected chi connectivity index (χ0v) is 23.2. The molecule has 1 aliphatic rings. The third kappa shape index (κ3) is 6.69. The van der Waals surface area contributed by atoms with Crippen molar-refractivity contribution in [1.82, 2.24) is 10.6 Å². The molecule has 3 aromatic rings. The summed E-state index contributed by atoms with van der Waals surface area (Å²) in [6.45, 7) is 7.24. The highest BCUT2D eigenvalue weighted by atomic mass is 16.5. The van der Waals surface area contributed by atoms with E-state index in [1.54, 1.807) is 27.7 Å². The second-order valence-electron chi connectivity index (χ2n) is 11.1. The van der Waals surface area contributed by atoms with Crippen LogP contribution in [-0.2, 0) is 25.7 Å². The van der Waals surface area contributed by atoms with Gasteiger partial charge in [-0.05, 0) is 40.2 Å². The minimum absolute atomic E-state index is 0.0977. The molecule has 0 spiro atoms. The van der Waals surface area contributed by atoms with Crippen LogP contribution in [0.15, 0.2) is 78.9 Å². The zero-order chi connectivity index (χ0) is 28.9.